The van der Waals surface area contributed by atoms with E-state index in [0.717, 1.165) is 12.7 Å². The molecule has 0 fully saturated rings. The molecule has 0 saturated heterocycles. The first kappa shape index (κ1) is 18.4. The van der Waals surface area contributed by atoms with E-state index in [9.17, 15) is 8.42 Å². The standard InChI is InChI=1S/C14H16ClN3O5S/c1-3-8-21-17-12(9-22-24(2,19)20)14-16-13(18-23-14)10-4-6-11(15)7-5-10/h4-7H,3,8-9H2,1-2H3. The number of halogens is 1. The van der Waals surface area contributed by atoms with E-state index in [2.05, 4.69) is 15.3 Å². The lowest BCUT2D eigenvalue weighted by atomic mass is 10.2. The number of hydrogen-bond acceptors (Lipinski definition) is 8. The first-order valence-electron chi connectivity index (χ1n) is 7.02. The number of benzene rings is 1. The topological polar surface area (TPSA) is 104 Å². The van der Waals surface area contributed by atoms with Gasteiger partial charge in [-0.3, -0.25) is 4.18 Å². The van der Waals surface area contributed by atoms with E-state index in [4.69, 9.17) is 25.1 Å². The summed E-state index contributed by atoms with van der Waals surface area (Å²) >= 11 is 5.84. The van der Waals surface area contributed by atoms with Crippen LogP contribution in [0, 0.1) is 0 Å². The smallest absolute Gasteiger partial charge is 0.278 e. The summed E-state index contributed by atoms with van der Waals surface area (Å²) in [5, 5.41) is 8.24. The predicted octanol–water partition coefficient (Wildman–Crippen LogP) is 2.50. The highest BCUT2D eigenvalue weighted by Gasteiger charge is 2.18. The lowest BCUT2D eigenvalue weighted by molar-refractivity contribution is 0.142. The van der Waals surface area contributed by atoms with Gasteiger partial charge in [-0.1, -0.05) is 28.8 Å². The molecule has 2 rings (SSSR count). The van der Waals surface area contributed by atoms with Gasteiger partial charge < -0.3 is 9.36 Å². The van der Waals surface area contributed by atoms with E-state index in [0.29, 0.717) is 23.0 Å². The molecule has 2 aromatic rings. The molecule has 8 nitrogen and oxygen atoms in total. The van der Waals surface area contributed by atoms with Gasteiger partial charge >= 0.3 is 0 Å². The van der Waals surface area contributed by atoms with Crippen LogP contribution in [-0.4, -0.2) is 43.7 Å². The molecule has 0 unspecified atom stereocenters. The highest BCUT2D eigenvalue weighted by atomic mass is 35.5. The molecular formula is C14H16ClN3O5S. The van der Waals surface area contributed by atoms with Gasteiger partial charge in [0.2, 0.25) is 5.82 Å². The van der Waals surface area contributed by atoms with E-state index in [1.807, 2.05) is 6.92 Å². The first-order valence-corrected chi connectivity index (χ1v) is 9.21. The third kappa shape index (κ3) is 5.59. The second-order valence-corrected chi connectivity index (χ2v) is 6.85. The molecule has 0 aliphatic carbocycles. The molecule has 0 amide bonds. The first-order chi connectivity index (χ1) is 11.4. The average Bonchev–Trinajstić information content (AvgIpc) is 3.00. The van der Waals surface area contributed by atoms with Gasteiger partial charge in [0.05, 0.1) is 6.26 Å². The minimum absolute atomic E-state index is 0.0136. The Labute approximate surface area is 144 Å². The molecule has 0 spiro atoms. The van der Waals surface area contributed by atoms with Gasteiger partial charge in [-0.25, -0.2) is 0 Å². The Kier molecular flexibility index (Phi) is 6.29. The van der Waals surface area contributed by atoms with Crippen molar-refractivity contribution in [1.82, 2.24) is 10.1 Å². The molecule has 130 valence electrons. The number of aromatic nitrogens is 2. The molecule has 10 heteroatoms. The summed E-state index contributed by atoms with van der Waals surface area (Å²) in [5.41, 5.74) is 0.772. The average molecular weight is 374 g/mol. The van der Waals surface area contributed by atoms with Crippen LogP contribution in [0.3, 0.4) is 0 Å². The molecule has 0 bridgehead atoms. The van der Waals surface area contributed by atoms with Crippen LogP contribution >= 0.6 is 11.6 Å². The minimum Gasteiger partial charge on any atom is -0.395 e. The quantitative estimate of drug-likeness (QED) is 0.303. The number of nitrogens with zero attached hydrogens (tertiary/aromatic N) is 3. The third-order valence-corrected chi connectivity index (χ3v) is 3.45. The van der Waals surface area contributed by atoms with E-state index in [-0.39, 0.29) is 18.2 Å². The maximum absolute atomic E-state index is 11.2. The van der Waals surface area contributed by atoms with Crippen LogP contribution in [0.1, 0.15) is 19.2 Å². The molecule has 1 aromatic heterocycles. The van der Waals surface area contributed by atoms with Gasteiger partial charge in [0.1, 0.15) is 13.2 Å². The van der Waals surface area contributed by atoms with Crippen molar-refractivity contribution >= 4 is 27.4 Å². The fraction of sp³-hybridized carbons (Fsp3) is 0.357. The summed E-state index contributed by atoms with van der Waals surface area (Å²) in [5.74, 6) is 0.323. The monoisotopic (exact) mass is 373 g/mol. The number of hydrogen-bond donors (Lipinski definition) is 0. The maximum atomic E-state index is 11.2. The Morgan fingerprint density at radius 2 is 2.04 bits per heavy atom. The van der Waals surface area contributed by atoms with Crippen LogP contribution in [0.25, 0.3) is 11.4 Å². The summed E-state index contributed by atoms with van der Waals surface area (Å²) in [6, 6.07) is 6.85. The minimum atomic E-state index is -3.65. The Balaban J connectivity index is 2.22. The highest BCUT2D eigenvalue weighted by Crippen LogP contribution is 2.19. The van der Waals surface area contributed by atoms with Gasteiger partial charge in [-0.05, 0) is 30.7 Å². The van der Waals surface area contributed by atoms with Crippen LogP contribution in [0.5, 0.6) is 0 Å². The summed E-state index contributed by atoms with van der Waals surface area (Å²) < 4.78 is 32.2. The zero-order chi connectivity index (χ0) is 17.6. The van der Waals surface area contributed by atoms with Crippen molar-refractivity contribution in [1.29, 1.82) is 0 Å². The highest BCUT2D eigenvalue weighted by molar-refractivity contribution is 7.86. The van der Waals surface area contributed by atoms with E-state index in [1.165, 1.54) is 0 Å². The van der Waals surface area contributed by atoms with E-state index in [1.54, 1.807) is 24.3 Å². The summed E-state index contributed by atoms with van der Waals surface area (Å²) in [4.78, 5) is 9.25. The molecule has 0 aliphatic rings. The SMILES string of the molecule is CCCON=C(COS(C)(=O)=O)c1nc(-c2ccc(Cl)cc2)no1. The van der Waals surface area contributed by atoms with Crippen molar-refractivity contribution in [3.05, 3.63) is 35.2 Å². The van der Waals surface area contributed by atoms with Gasteiger partial charge in [0, 0.05) is 10.6 Å². The van der Waals surface area contributed by atoms with Gasteiger partial charge in [-0.2, -0.15) is 13.4 Å². The molecule has 24 heavy (non-hydrogen) atoms. The maximum Gasteiger partial charge on any atom is 0.278 e. The van der Waals surface area contributed by atoms with Gasteiger partial charge in [-0.15, -0.1) is 0 Å². The Morgan fingerprint density at radius 3 is 2.67 bits per heavy atom. The zero-order valence-corrected chi connectivity index (χ0v) is 14.7. The fourth-order valence-corrected chi connectivity index (χ4v) is 2.01. The van der Waals surface area contributed by atoms with E-state index >= 15 is 0 Å². The Morgan fingerprint density at radius 1 is 1.33 bits per heavy atom. The van der Waals surface area contributed by atoms with Crippen LogP contribution in [-0.2, 0) is 19.1 Å². The predicted molar refractivity (Wildman–Crippen MR) is 88.3 cm³/mol. The van der Waals surface area contributed by atoms with Crippen LogP contribution in [0.2, 0.25) is 5.02 Å². The summed E-state index contributed by atoms with van der Waals surface area (Å²) in [6.07, 6.45) is 1.67. The molecular weight excluding hydrogens is 358 g/mol. The third-order valence-electron chi connectivity index (χ3n) is 2.66. The van der Waals surface area contributed by atoms with Gasteiger partial charge in [0.15, 0.2) is 5.71 Å². The van der Waals surface area contributed by atoms with Crippen molar-refractivity contribution in [3.8, 4) is 11.4 Å². The number of rotatable bonds is 8. The molecule has 0 N–H and O–H groups in total. The van der Waals surface area contributed by atoms with Gasteiger partial charge in [0.25, 0.3) is 16.0 Å². The van der Waals surface area contributed by atoms with E-state index < -0.39 is 10.1 Å². The van der Waals surface area contributed by atoms with Crippen molar-refractivity contribution in [2.75, 3.05) is 19.5 Å². The number of oxime groups is 1. The molecule has 1 aromatic carbocycles. The van der Waals surface area contributed by atoms with Crippen LogP contribution < -0.4 is 0 Å². The lowest BCUT2D eigenvalue weighted by Gasteiger charge is -2.02. The zero-order valence-electron chi connectivity index (χ0n) is 13.1. The molecule has 0 saturated carbocycles. The molecule has 1 heterocycles. The molecule has 0 atom stereocenters. The van der Waals surface area contributed by atoms with Crippen molar-refractivity contribution in [2.24, 2.45) is 5.16 Å². The molecule has 0 aliphatic heterocycles. The van der Waals surface area contributed by atoms with Crippen LogP contribution in [0.15, 0.2) is 33.9 Å². The van der Waals surface area contributed by atoms with Crippen molar-refractivity contribution < 1.29 is 22.0 Å². The lowest BCUT2D eigenvalue weighted by Crippen LogP contribution is -2.15. The normalized spacial score (nSPS) is 12.4. The Hall–Kier alpha value is -1.97. The molecule has 0 radical (unpaired) electrons. The summed E-state index contributed by atoms with van der Waals surface area (Å²) in [7, 11) is -3.65. The van der Waals surface area contributed by atoms with Crippen LogP contribution in [0.4, 0.5) is 0 Å². The largest absolute Gasteiger partial charge is 0.395 e. The second-order valence-electron chi connectivity index (χ2n) is 4.77. The van der Waals surface area contributed by atoms with Crippen molar-refractivity contribution in [3.63, 3.8) is 0 Å². The Bertz CT molecular complexity index is 802. The van der Waals surface area contributed by atoms with Crippen molar-refractivity contribution in [2.45, 2.75) is 13.3 Å². The second kappa shape index (κ2) is 8.22. The summed E-state index contributed by atoms with van der Waals surface area (Å²) in [6.45, 7) is 1.90. The fourth-order valence-electron chi connectivity index (χ4n) is 1.56.